The van der Waals surface area contributed by atoms with Gasteiger partial charge >= 0.3 is 0 Å². The molecule has 3 N–H and O–H groups in total. The van der Waals surface area contributed by atoms with Gasteiger partial charge in [0, 0.05) is 44.2 Å². The zero-order chi connectivity index (χ0) is 25.9. The fourth-order valence-electron chi connectivity index (χ4n) is 4.50. The topological polar surface area (TPSA) is 85.1 Å². The third-order valence-electron chi connectivity index (χ3n) is 6.80. The van der Waals surface area contributed by atoms with Gasteiger partial charge in [0.1, 0.15) is 5.76 Å². The number of allylic oxidation sites excluding steroid dienone is 1. The molecule has 0 radical (unpaired) electrons. The van der Waals surface area contributed by atoms with Gasteiger partial charge in [-0.3, -0.25) is 4.98 Å². The van der Waals surface area contributed by atoms with Crippen LogP contribution in [0, 0.1) is 0 Å². The van der Waals surface area contributed by atoms with E-state index in [0.29, 0.717) is 40.3 Å². The van der Waals surface area contributed by atoms with Gasteiger partial charge < -0.3 is 35.1 Å². The quantitative estimate of drug-likeness (QED) is 0.363. The average Bonchev–Trinajstić information content (AvgIpc) is 2.86. The first-order valence-electron chi connectivity index (χ1n) is 12.1. The molecule has 0 amide bonds. The second-order valence-corrected chi connectivity index (χ2v) is 10.4. The van der Waals surface area contributed by atoms with Crippen LogP contribution < -0.4 is 20.5 Å². The Morgan fingerprint density at radius 2 is 1.92 bits per heavy atom. The van der Waals surface area contributed by atoms with Gasteiger partial charge in [-0.2, -0.15) is 0 Å². The molecule has 2 aromatic rings. The number of alkyl halides is 1. The van der Waals surface area contributed by atoms with Crippen LogP contribution in [0.15, 0.2) is 41.3 Å². The average molecular weight is 537 g/mol. The van der Waals surface area contributed by atoms with Crippen molar-refractivity contribution in [1.82, 2.24) is 14.8 Å². The Morgan fingerprint density at radius 1 is 1.17 bits per heavy atom. The number of rotatable bonds is 9. The first-order valence-corrected chi connectivity index (χ1v) is 12.9. The molecular formula is C26H35Cl2N5O3. The SMILES string of the molecule is COC1=CC(C)(Nc2c(N)cnc3cc(OCCCN4CCN(C)CC4)c(OC)cc23)C(Cl)C=C1Cl. The fraction of sp³-hybridized carbons (Fsp3) is 0.500. The van der Waals surface area contributed by atoms with Crippen molar-refractivity contribution in [3.8, 4) is 11.5 Å². The van der Waals surface area contributed by atoms with E-state index in [0.717, 1.165) is 50.0 Å². The molecule has 1 aliphatic heterocycles. The number of nitrogens with one attached hydrogen (secondary N) is 1. The Balaban J connectivity index is 1.53. The third kappa shape index (κ3) is 5.78. The highest BCUT2D eigenvalue weighted by molar-refractivity contribution is 6.33. The van der Waals surface area contributed by atoms with Gasteiger partial charge in [-0.1, -0.05) is 11.6 Å². The van der Waals surface area contributed by atoms with E-state index in [2.05, 4.69) is 27.1 Å². The molecule has 2 heterocycles. The summed E-state index contributed by atoms with van der Waals surface area (Å²) in [5, 5.41) is 4.34. The lowest BCUT2D eigenvalue weighted by molar-refractivity contribution is 0.145. The molecule has 1 aromatic carbocycles. The maximum absolute atomic E-state index is 6.68. The lowest BCUT2D eigenvalue weighted by Gasteiger charge is -2.36. The molecule has 10 heteroatoms. The summed E-state index contributed by atoms with van der Waals surface area (Å²) < 4.78 is 17.2. The van der Waals surface area contributed by atoms with E-state index >= 15 is 0 Å². The number of nitrogens with two attached hydrogens (primary N) is 1. The second kappa shape index (κ2) is 11.3. The summed E-state index contributed by atoms with van der Waals surface area (Å²) >= 11 is 13.0. The van der Waals surface area contributed by atoms with Crippen LogP contribution in [0.4, 0.5) is 11.4 Å². The van der Waals surface area contributed by atoms with Gasteiger partial charge in [0.25, 0.3) is 0 Å². The minimum absolute atomic E-state index is 0.434. The number of aromatic nitrogens is 1. The third-order valence-corrected chi connectivity index (χ3v) is 7.69. The molecule has 1 fully saturated rings. The van der Waals surface area contributed by atoms with Crippen molar-refractivity contribution in [1.29, 1.82) is 0 Å². The van der Waals surface area contributed by atoms with E-state index < -0.39 is 10.9 Å². The monoisotopic (exact) mass is 535 g/mol. The molecule has 2 atom stereocenters. The van der Waals surface area contributed by atoms with E-state index in [1.54, 1.807) is 26.5 Å². The fourth-order valence-corrected chi connectivity index (χ4v) is 5.07. The number of benzene rings is 1. The Hall–Kier alpha value is -2.39. The molecule has 4 rings (SSSR count). The summed E-state index contributed by atoms with van der Waals surface area (Å²) in [4.78, 5) is 9.38. The summed E-state index contributed by atoms with van der Waals surface area (Å²) in [6.45, 7) is 7.99. The first kappa shape index (κ1) is 26.7. The molecule has 8 nitrogen and oxygen atoms in total. The molecule has 0 bridgehead atoms. The van der Waals surface area contributed by atoms with Crippen LogP contribution in [0.1, 0.15) is 13.3 Å². The summed E-state index contributed by atoms with van der Waals surface area (Å²) in [7, 11) is 5.37. The number of hydrogen-bond donors (Lipinski definition) is 2. The van der Waals surface area contributed by atoms with Crippen molar-refractivity contribution in [3.05, 3.63) is 41.3 Å². The van der Waals surface area contributed by atoms with E-state index in [9.17, 15) is 0 Å². The van der Waals surface area contributed by atoms with Crippen molar-refractivity contribution < 1.29 is 14.2 Å². The minimum atomic E-state index is -0.709. The van der Waals surface area contributed by atoms with Gasteiger partial charge in [-0.15, -0.1) is 11.6 Å². The number of nitrogens with zero attached hydrogens (tertiary/aromatic N) is 3. The molecule has 1 aliphatic carbocycles. The van der Waals surface area contributed by atoms with E-state index in [1.807, 2.05) is 25.1 Å². The molecule has 2 aliphatic rings. The van der Waals surface area contributed by atoms with Gasteiger partial charge in [0.05, 0.1) is 59.9 Å². The van der Waals surface area contributed by atoms with Crippen LogP contribution in [0.5, 0.6) is 11.5 Å². The number of ether oxygens (including phenoxy) is 3. The predicted molar refractivity (Wildman–Crippen MR) is 147 cm³/mol. The molecule has 1 aromatic heterocycles. The standard InChI is InChI=1S/C26H35Cl2N5O3/c1-26(15-23(35-4)18(27)13-24(26)28)31-25-17-12-21(34-3)22(14-20(17)30-16-19(25)29)36-11-5-6-33-9-7-32(2)8-10-33/h12-16,24H,5-11,29H2,1-4H3,(H,30,31). The van der Waals surface area contributed by atoms with Gasteiger partial charge in [0.2, 0.25) is 0 Å². The molecule has 36 heavy (non-hydrogen) atoms. The highest BCUT2D eigenvalue weighted by atomic mass is 35.5. The van der Waals surface area contributed by atoms with Crippen molar-refractivity contribution in [2.45, 2.75) is 24.3 Å². The van der Waals surface area contributed by atoms with E-state index in [1.165, 1.54) is 0 Å². The molecule has 1 saturated heterocycles. The number of nitrogen functional groups attached to an aromatic ring is 1. The number of pyridine rings is 1. The Labute approximate surface area is 223 Å². The van der Waals surface area contributed by atoms with Gasteiger partial charge in [0.15, 0.2) is 11.5 Å². The summed E-state index contributed by atoms with van der Waals surface area (Å²) in [5.74, 6) is 1.82. The highest BCUT2D eigenvalue weighted by Crippen LogP contribution is 2.41. The van der Waals surface area contributed by atoms with Crippen molar-refractivity contribution in [3.63, 3.8) is 0 Å². The summed E-state index contributed by atoms with van der Waals surface area (Å²) in [6.07, 6.45) is 6.19. The smallest absolute Gasteiger partial charge is 0.163 e. The number of likely N-dealkylation sites (N-methyl/N-ethyl adjacent to an activating group) is 1. The number of halogens is 2. The Morgan fingerprint density at radius 3 is 2.61 bits per heavy atom. The van der Waals surface area contributed by atoms with Gasteiger partial charge in [-0.25, -0.2) is 0 Å². The maximum Gasteiger partial charge on any atom is 0.163 e. The molecule has 0 spiro atoms. The normalized spacial score (nSPS) is 23.2. The molecule has 2 unspecified atom stereocenters. The second-order valence-electron chi connectivity index (χ2n) is 9.49. The van der Waals surface area contributed by atoms with Crippen molar-refractivity contribution in [2.24, 2.45) is 0 Å². The van der Waals surface area contributed by atoms with Crippen molar-refractivity contribution in [2.75, 3.05) is 71.6 Å². The first-order chi connectivity index (χ1) is 17.2. The van der Waals surface area contributed by atoms with E-state index in [-0.39, 0.29) is 0 Å². The number of fused-ring (bicyclic) bond motifs is 1. The largest absolute Gasteiger partial charge is 0.495 e. The number of piperazine rings is 1. The minimum Gasteiger partial charge on any atom is -0.495 e. The van der Waals surface area contributed by atoms with Crippen LogP contribution in [0.3, 0.4) is 0 Å². The number of hydrogen-bond acceptors (Lipinski definition) is 8. The zero-order valence-corrected chi connectivity index (χ0v) is 22.8. The van der Waals surface area contributed by atoms with Crippen LogP contribution in [-0.2, 0) is 4.74 Å². The Bertz CT molecular complexity index is 1150. The lowest BCUT2D eigenvalue weighted by atomic mass is 9.91. The lowest BCUT2D eigenvalue weighted by Crippen LogP contribution is -2.44. The summed E-state index contributed by atoms with van der Waals surface area (Å²) in [6, 6.07) is 3.79. The molecule has 0 saturated carbocycles. The molecule has 196 valence electrons. The van der Waals surface area contributed by atoms with Gasteiger partial charge in [-0.05, 0) is 38.6 Å². The summed E-state index contributed by atoms with van der Waals surface area (Å²) in [5.41, 5.74) is 7.58. The zero-order valence-electron chi connectivity index (χ0n) is 21.3. The highest BCUT2D eigenvalue weighted by Gasteiger charge is 2.36. The van der Waals surface area contributed by atoms with Crippen LogP contribution in [0.25, 0.3) is 10.9 Å². The van der Waals surface area contributed by atoms with Crippen LogP contribution >= 0.6 is 23.2 Å². The predicted octanol–water partition coefficient (Wildman–Crippen LogP) is 4.29. The number of methoxy groups -OCH3 is 2. The molecular weight excluding hydrogens is 501 g/mol. The number of anilines is 2. The van der Waals surface area contributed by atoms with Crippen LogP contribution in [0.2, 0.25) is 0 Å². The Kier molecular flexibility index (Phi) is 8.40. The maximum atomic E-state index is 6.68. The van der Waals surface area contributed by atoms with E-state index in [4.69, 9.17) is 43.1 Å². The van der Waals surface area contributed by atoms with Crippen molar-refractivity contribution >= 4 is 45.5 Å². The van der Waals surface area contributed by atoms with Crippen LogP contribution in [-0.4, -0.2) is 86.3 Å².